The number of piperazine rings is 1. The highest BCUT2D eigenvalue weighted by Gasteiger charge is 2.25. The second-order valence-corrected chi connectivity index (χ2v) is 8.02. The number of rotatable bonds is 5. The van der Waals surface area contributed by atoms with Crippen molar-refractivity contribution in [2.24, 2.45) is 0 Å². The number of amides is 1. The average molecular weight is 459 g/mol. The van der Waals surface area contributed by atoms with Crippen molar-refractivity contribution in [3.8, 4) is 5.75 Å². The van der Waals surface area contributed by atoms with Crippen LogP contribution < -0.4 is 21.5 Å². The van der Waals surface area contributed by atoms with Crippen molar-refractivity contribution in [1.29, 1.82) is 0 Å². The van der Waals surface area contributed by atoms with E-state index in [9.17, 15) is 23.9 Å². The molecule has 1 aliphatic heterocycles. The average Bonchev–Trinajstić information content (AvgIpc) is 2.78. The number of nitrogens with one attached hydrogen (secondary N) is 2. The third-order valence-corrected chi connectivity index (χ3v) is 5.71. The number of hydrogen-bond donors (Lipinski definition) is 3. The fourth-order valence-electron chi connectivity index (χ4n) is 3.45. The van der Waals surface area contributed by atoms with E-state index in [0.717, 1.165) is 25.2 Å². The van der Waals surface area contributed by atoms with Crippen LogP contribution >= 0.6 is 11.6 Å². The summed E-state index contributed by atoms with van der Waals surface area (Å²) in [4.78, 5) is 40.9. The lowest BCUT2D eigenvalue weighted by atomic mass is 10.1. The minimum absolute atomic E-state index is 0.0339. The number of halogens is 2. The second kappa shape index (κ2) is 8.60. The van der Waals surface area contributed by atoms with Crippen molar-refractivity contribution in [2.45, 2.75) is 0 Å². The third-order valence-electron chi connectivity index (χ3n) is 5.39. The molecule has 32 heavy (non-hydrogen) atoms. The molecule has 0 aliphatic carbocycles. The van der Waals surface area contributed by atoms with Crippen molar-refractivity contribution in [3.05, 3.63) is 73.2 Å². The molecule has 0 atom stereocenters. The molecule has 3 N–H and O–H groups in total. The summed E-state index contributed by atoms with van der Waals surface area (Å²) < 4.78 is 13.3. The van der Waals surface area contributed by atoms with Crippen molar-refractivity contribution in [2.75, 3.05) is 43.9 Å². The Balaban J connectivity index is 1.58. The molecule has 1 amide bonds. The fourth-order valence-corrected chi connectivity index (χ4v) is 3.67. The van der Waals surface area contributed by atoms with Gasteiger partial charge < -0.3 is 25.5 Å². The topological polar surface area (TPSA) is 102 Å². The van der Waals surface area contributed by atoms with Gasteiger partial charge in [0, 0.05) is 31.7 Å². The molecule has 1 saturated heterocycles. The van der Waals surface area contributed by atoms with Crippen LogP contribution in [0, 0.1) is 5.82 Å². The van der Waals surface area contributed by atoms with Crippen molar-refractivity contribution in [3.63, 3.8) is 0 Å². The number of phenolic OH excluding ortho intramolecular Hbond substituents is 1. The molecule has 0 saturated carbocycles. The molecular weight excluding hydrogens is 439 g/mol. The Labute approximate surface area is 187 Å². The summed E-state index contributed by atoms with van der Waals surface area (Å²) in [5, 5.41) is 15.7. The highest BCUT2D eigenvalue weighted by molar-refractivity contribution is 6.33. The Kier molecular flexibility index (Phi) is 5.86. The molecule has 1 heterocycles. The Hall–Kier alpha value is -3.43. The van der Waals surface area contributed by atoms with Gasteiger partial charge in [-0.3, -0.25) is 14.4 Å². The Bertz CT molecular complexity index is 1260. The number of carbonyl (C=O) groups excluding carboxylic acids is 1. The largest absolute Gasteiger partial charge is 0.506 e. The van der Waals surface area contributed by atoms with E-state index < -0.39 is 16.7 Å². The lowest BCUT2D eigenvalue weighted by Crippen LogP contribution is -2.47. The number of aromatic hydroxyl groups is 1. The first-order valence-electron chi connectivity index (χ1n) is 9.88. The van der Waals surface area contributed by atoms with E-state index in [-0.39, 0.29) is 39.4 Å². The zero-order valence-corrected chi connectivity index (χ0v) is 17.9. The van der Waals surface area contributed by atoms with Crippen LogP contribution in [0.5, 0.6) is 5.75 Å². The first-order chi connectivity index (χ1) is 15.2. The number of likely N-dealkylation sites (N-methyl/N-ethyl adjacent to an activating group) is 1. The molecule has 4 rings (SSSR count). The lowest BCUT2D eigenvalue weighted by molar-refractivity contribution is 0.0664. The van der Waals surface area contributed by atoms with E-state index >= 15 is 0 Å². The lowest BCUT2D eigenvalue weighted by Gasteiger charge is -2.32. The molecule has 10 heteroatoms. The standard InChI is InChI=1S/C22H20ClFN4O4/c1-27-6-8-28(9-7-27)22(32)12-2-5-17(29)16(10-12)26-19-18(20(30)21(19)31)25-15-4-3-13(24)11-14(15)23/h2-5,10-11,25-26,29H,6-9H2,1H3. The zero-order chi connectivity index (χ0) is 23.0. The maximum absolute atomic E-state index is 13.3. The molecule has 0 spiro atoms. The minimum atomic E-state index is -0.791. The summed E-state index contributed by atoms with van der Waals surface area (Å²) >= 11 is 5.98. The Morgan fingerprint density at radius 1 is 0.969 bits per heavy atom. The van der Waals surface area contributed by atoms with Crippen LogP contribution in [-0.4, -0.2) is 54.0 Å². The number of carbonyl (C=O) groups is 1. The highest BCUT2D eigenvalue weighted by Crippen LogP contribution is 2.32. The summed E-state index contributed by atoms with van der Waals surface area (Å²) in [5.41, 5.74) is -1.05. The van der Waals surface area contributed by atoms with Gasteiger partial charge in [0.2, 0.25) is 0 Å². The van der Waals surface area contributed by atoms with Crippen molar-refractivity contribution in [1.82, 2.24) is 9.80 Å². The molecule has 166 valence electrons. The van der Waals surface area contributed by atoms with Gasteiger partial charge >= 0.3 is 0 Å². The van der Waals surface area contributed by atoms with E-state index in [2.05, 4.69) is 15.5 Å². The molecule has 3 aromatic carbocycles. The smallest absolute Gasteiger partial charge is 0.254 e. The van der Waals surface area contributed by atoms with Gasteiger partial charge in [-0.2, -0.15) is 0 Å². The quantitative estimate of drug-likeness (QED) is 0.399. The highest BCUT2D eigenvalue weighted by atomic mass is 35.5. The van der Waals surface area contributed by atoms with Gasteiger partial charge in [0.25, 0.3) is 16.8 Å². The molecule has 0 bridgehead atoms. The summed E-state index contributed by atoms with van der Waals surface area (Å²) in [6.45, 7) is 2.70. The Morgan fingerprint density at radius 3 is 2.22 bits per heavy atom. The van der Waals surface area contributed by atoms with E-state index in [4.69, 9.17) is 11.6 Å². The first-order valence-corrected chi connectivity index (χ1v) is 10.3. The number of hydrogen-bond acceptors (Lipinski definition) is 7. The summed E-state index contributed by atoms with van der Waals surface area (Å²) in [5.74, 6) is -0.933. The van der Waals surface area contributed by atoms with E-state index in [1.54, 1.807) is 4.90 Å². The van der Waals surface area contributed by atoms with E-state index in [0.29, 0.717) is 18.7 Å². The number of anilines is 4. The SMILES string of the molecule is CN1CCN(C(=O)c2ccc(O)c(Nc3c(Nc4ccc(F)cc4Cl)c(=O)c3=O)c2)CC1. The van der Waals surface area contributed by atoms with Crippen LogP contribution in [0.2, 0.25) is 5.02 Å². The van der Waals surface area contributed by atoms with Gasteiger partial charge in [0.05, 0.1) is 16.4 Å². The van der Waals surface area contributed by atoms with Gasteiger partial charge in [-0.05, 0) is 43.4 Å². The molecule has 1 aliphatic rings. The maximum atomic E-state index is 13.3. The summed E-state index contributed by atoms with van der Waals surface area (Å²) in [6, 6.07) is 7.85. The van der Waals surface area contributed by atoms with Gasteiger partial charge in [0.1, 0.15) is 22.9 Å². The molecule has 0 unspecified atom stereocenters. The van der Waals surface area contributed by atoms with Gasteiger partial charge in [-0.25, -0.2) is 4.39 Å². The zero-order valence-electron chi connectivity index (χ0n) is 17.1. The van der Waals surface area contributed by atoms with E-state index in [1.807, 2.05) is 7.05 Å². The van der Waals surface area contributed by atoms with Gasteiger partial charge in [0.15, 0.2) is 0 Å². The third kappa shape index (κ3) is 4.17. The number of phenols is 1. The predicted molar refractivity (Wildman–Crippen MR) is 121 cm³/mol. The Morgan fingerprint density at radius 2 is 1.59 bits per heavy atom. The molecule has 1 fully saturated rings. The predicted octanol–water partition coefficient (Wildman–Crippen LogP) is 2.66. The number of nitrogens with zero attached hydrogens (tertiary/aromatic N) is 2. The van der Waals surface area contributed by atoms with Crippen LogP contribution in [0.3, 0.4) is 0 Å². The summed E-state index contributed by atoms with van der Waals surface area (Å²) in [6.07, 6.45) is 0. The molecule has 8 nitrogen and oxygen atoms in total. The van der Waals surface area contributed by atoms with Crippen LogP contribution in [0.25, 0.3) is 0 Å². The van der Waals surface area contributed by atoms with E-state index in [1.165, 1.54) is 24.3 Å². The molecular formula is C22H20ClFN4O4. The maximum Gasteiger partial charge on any atom is 0.254 e. The second-order valence-electron chi connectivity index (χ2n) is 7.61. The summed E-state index contributed by atoms with van der Waals surface area (Å²) in [7, 11) is 1.99. The first kappa shape index (κ1) is 21.8. The number of benzene rings is 2. The van der Waals surface area contributed by atoms with Crippen LogP contribution in [0.1, 0.15) is 10.4 Å². The molecule has 3 aromatic rings. The molecule has 0 aromatic heterocycles. The van der Waals surface area contributed by atoms with Crippen molar-refractivity contribution < 1.29 is 14.3 Å². The fraction of sp³-hybridized carbons (Fsp3) is 0.227. The molecule has 0 radical (unpaired) electrons. The van der Waals surface area contributed by atoms with Crippen LogP contribution in [0.4, 0.5) is 27.1 Å². The van der Waals surface area contributed by atoms with Crippen LogP contribution in [-0.2, 0) is 0 Å². The van der Waals surface area contributed by atoms with Gasteiger partial charge in [-0.15, -0.1) is 0 Å². The monoisotopic (exact) mass is 458 g/mol. The minimum Gasteiger partial charge on any atom is -0.506 e. The van der Waals surface area contributed by atoms with Crippen molar-refractivity contribution >= 4 is 40.3 Å². The normalized spacial score (nSPS) is 14.5. The van der Waals surface area contributed by atoms with Gasteiger partial charge in [-0.1, -0.05) is 11.6 Å². The van der Waals surface area contributed by atoms with Crippen LogP contribution in [0.15, 0.2) is 46.0 Å².